The summed E-state index contributed by atoms with van der Waals surface area (Å²) in [6.07, 6.45) is 0. The lowest BCUT2D eigenvalue weighted by Gasteiger charge is -2.38. The lowest BCUT2D eigenvalue weighted by atomic mass is 10.0. The summed E-state index contributed by atoms with van der Waals surface area (Å²) in [4.78, 5) is 0. The van der Waals surface area contributed by atoms with Gasteiger partial charge in [0.05, 0.1) is 6.61 Å². The second kappa shape index (κ2) is 5.50. The van der Waals surface area contributed by atoms with Gasteiger partial charge in [-0.15, -0.1) is 12.4 Å². The van der Waals surface area contributed by atoms with Crippen LogP contribution in [-0.4, -0.2) is 13.2 Å². The number of halogens is 2. The molecule has 0 radical (unpaired) electrons. The Morgan fingerprint density at radius 3 is 2.50 bits per heavy atom. The van der Waals surface area contributed by atoms with Gasteiger partial charge >= 0.3 is 0 Å². The number of hydrogen-bond donors (Lipinski definition) is 1. The first kappa shape index (κ1) is 14.0. The zero-order valence-electron chi connectivity index (χ0n) is 9.50. The van der Waals surface area contributed by atoms with E-state index < -0.39 is 0 Å². The van der Waals surface area contributed by atoms with E-state index in [1.165, 1.54) is 5.56 Å². The zero-order valence-corrected chi connectivity index (χ0v) is 11.9. The second-order valence-corrected chi connectivity index (χ2v) is 5.25. The third kappa shape index (κ3) is 2.98. The molecule has 90 valence electrons. The maximum atomic E-state index is 5.88. The van der Waals surface area contributed by atoms with Crippen molar-refractivity contribution in [2.45, 2.75) is 19.6 Å². The molecule has 4 heteroatoms. The maximum Gasteiger partial charge on any atom is 0.142 e. The van der Waals surface area contributed by atoms with Gasteiger partial charge in [0.25, 0.3) is 0 Å². The molecule has 2 nitrogen and oxygen atoms in total. The monoisotopic (exact) mass is 305 g/mol. The first-order valence-corrected chi connectivity index (χ1v) is 6.04. The third-order valence-corrected chi connectivity index (χ3v) is 3.37. The van der Waals surface area contributed by atoms with Gasteiger partial charge in [0.2, 0.25) is 0 Å². The molecule has 16 heavy (non-hydrogen) atoms. The Morgan fingerprint density at radius 1 is 1.38 bits per heavy atom. The predicted octanol–water partition coefficient (Wildman–Crippen LogP) is 3.30. The summed E-state index contributed by atoms with van der Waals surface area (Å²) >= 11 is 3.44. The molecular weight excluding hydrogens is 289 g/mol. The smallest absolute Gasteiger partial charge is 0.142 e. The van der Waals surface area contributed by atoms with E-state index in [-0.39, 0.29) is 18.1 Å². The molecule has 1 N–H and O–H groups in total. The van der Waals surface area contributed by atoms with Crippen molar-refractivity contribution in [2.24, 2.45) is 5.92 Å². The van der Waals surface area contributed by atoms with Crippen LogP contribution in [0.1, 0.15) is 19.4 Å². The van der Waals surface area contributed by atoms with Crippen LogP contribution in [0.15, 0.2) is 28.7 Å². The van der Waals surface area contributed by atoms with E-state index in [4.69, 9.17) is 4.74 Å². The molecule has 1 aromatic carbocycles. The summed E-state index contributed by atoms with van der Waals surface area (Å²) in [6.45, 7) is 6.10. The van der Waals surface area contributed by atoms with Gasteiger partial charge in [-0.1, -0.05) is 35.0 Å². The molecule has 0 bridgehead atoms. The van der Waals surface area contributed by atoms with E-state index in [9.17, 15) is 0 Å². The Hall–Kier alpha value is -0.0900. The Labute approximate surface area is 111 Å². The van der Waals surface area contributed by atoms with Gasteiger partial charge in [-0.2, -0.15) is 0 Å². The van der Waals surface area contributed by atoms with Crippen LogP contribution in [0.5, 0.6) is 0 Å². The molecule has 1 saturated heterocycles. The first-order valence-electron chi connectivity index (χ1n) is 5.25. The van der Waals surface area contributed by atoms with Gasteiger partial charge in [-0.25, -0.2) is 0 Å². The number of benzene rings is 1. The number of ether oxygens (including phenoxy) is 1. The lowest BCUT2D eigenvalue weighted by Crippen LogP contribution is -2.49. The van der Waals surface area contributed by atoms with Crippen LogP contribution in [0, 0.1) is 5.92 Å². The maximum absolute atomic E-state index is 5.88. The second-order valence-electron chi connectivity index (χ2n) is 4.34. The zero-order chi connectivity index (χ0) is 10.9. The van der Waals surface area contributed by atoms with Crippen molar-refractivity contribution < 1.29 is 4.74 Å². The molecule has 1 heterocycles. The predicted molar refractivity (Wildman–Crippen MR) is 71.9 cm³/mol. The summed E-state index contributed by atoms with van der Waals surface area (Å²) in [7, 11) is 0. The van der Waals surface area contributed by atoms with Crippen molar-refractivity contribution in [1.82, 2.24) is 5.32 Å². The summed E-state index contributed by atoms with van der Waals surface area (Å²) in [5.41, 5.74) is 0.852. The number of hydrogen-bond acceptors (Lipinski definition) is 2. The molecule has 1 aromatic rings. The fourth-order valence-corrected chi connectivity index (χ4v) is 2.01. The molecule has 0 aromatic heterocycles. The van der Waals surface area contributed by atoms with Gasteiger partial charge in [0, 0.05) is 11.0 Å². The Kier molecular flexibility index (Phi) is 4.80. The van der Waals surface area contributed by atoms with E-state index in [1.54, 1.807) is 0 Å². The van der Waals surface area contributed by atoms with E-state index in [2.05, 4.69) is 47.2 Å². The van der Waals surface area contributed by atoms with E-state index in [0.29, 0.717) is 5.92 Å². The molecule has 2 rings (SSSR count). The first-order chi connectivity index (χ1) is 7.10. The van der Waals surface area contributed by atoms with Gasteiger partial charge in [-0.05, 0) is 30.5 Å². The summed E-state index contributed by atoms with van der Waals surface area (Å²) < 4.78 is 6.97. The molecule has 1 aliphatic heterocycles. The molecule has 2 atom stereocenters. The van der Waals surface area contributed by atoms with Crippen LogP contribution in [-0.2, 0) is 10.5 Å². The van der Waals surface area contributed by atoms with Crippen LogP contribution in [0.25, 0.3) is 0 Å². The highest BCUT2D eigenvalue weighted by Crippen LogP contribution is 2.27. The summed E-state index contributed by atoms with van der Waals surface area (Å²) in [6, 6.07) is 8.27. The fraction of sp³-hybridized carbons (Fsp3) is 0.500. The van der Waals surface area contributed by atoms with Crippen molar-refractivity contribution in [2.75, 3.05) is 13.2 Å². The average molecular weight is 307 g/mol. The lowest BCUT2D eigenvalue weighted by molar-refractivity contribution is -0.106. The van der Waals surface area contributed by atoms with E-state index >= 15 is 0 Å². The largest absolute Gasteiger partial charge is 0.356 e. The van der Waals surface area contributed by atoms with Crippen molar-refractivity contribution in [1.29, 1.82) is 0 Å². The Morgan fingerprint density at radius 2 is 2.00 bits per heavy atom. The Bertz CT molecular complexity index is 333. The molecule has 0 aliphatic carbocycles. The van der Waals surface area contributed by atoms with Crippen molar-refractivity contribution in [3.8, 4) is 0 Å². The molecule has 2 unspecified atom stereocenters. The van der Waals surface area contributed by atoms with Crippen molar-refractivity contribution in [3.63, 3.8) is 0 Å². The minimum absolute atomic E-state index is 0. The van der Waals surface area contributed by atoms with Crippen molar-refractivity contribution >= 4 is 28.3 Å². The quantitative estimate of drug-likeness (QED) is 0.859. The van der Waals surface area contributed by atoms with Gasteiger partial charge in [0.15, 0.2) is 0 Å². The van der Waals surface area contributed by atoms with Crippen LogP contribution < -0.4 is 5.32 Å². The highest BCUT2D eigenvalue weighted by Gasteiger charge is 2.31. The van der Waals surface area contributed by atoms with Crippen LogP contribution in [0.3, 0.4) is 0 Å². The topological polar surface area (TPSA) is 21.3 Å². The highest BCUT2D eigenvalue weighted by atomic mass is 79.9. The van der Waals surface area contributed by atoms with Gasteiger partial charge in [-0.3, -0.25) is 5.32 Å². The molecule has 0 amide bonds. The minimum atomic E-state index is -0.326. The normalized spacial score (nSPS) is 29.6. The molecule has 0 spiro atoms. The summed E-state index contributed by atoms with van der Waals surface area (Å²) in [5, 5.41) is 3.44. The number of nitrogens with one attached hydrogen (secondary N) is 1. The van der Waals surface area contributed by atoms with Crippen LogP contribution in [0.4, 0.5) is 0 Å². The molecule has 0 saturated carbocycles. The van der Waals surface area contributed by atoms with Crippen molar-refractivity contribution in [3.05, 3.63) is 34.3 Å². The number of rotatable bonds is 1. The standard InChI is InChI=1S/C12H16BrNO.ClH/c1-9-7-14-12(2,15-8-9)10-3-5-11(13)6-4-10;/h3-6,9,14H,7-8H2,1-2H3;1H. The molecular formula is C12H17BrClNO. The van der Waals surface area contributed by atoms with Gasteiger partial charge < -0.3 is 4.74 Å². The highest BCUT2D eigenvalue weighted by molar-refractivity contribution is 9.10. The third-order valence-electron chi connectivity index (χ3n) is 2.84. The van der Waals surface area contributed by atoms with E-state index in [1.807, 2.05) is 12.1 Å². The summed E-state index contributed by atoms with van der Waals surface area (Å²) in [5.74, 6) is 0.591. The molecule has 1 aliphatic rings. The minimum Gasteiger partial charge on any atom is -0.356 e. The SMILES string of the molecule is CC1CNC(C)(c2ccc(Br)cc2)OC1.Cl. The van der Waals surface area contributed by atoms with Crippen LogP contribution >= 0.6 is 28.3 Å². The average Bonchev–Trinajstić information content (AvgIpc) is 2.24. The van der Waals surface area contributed by atoms with Crippen LogP contribution in [0.2, 0.25) is 0 Å². The van der Waals surface area contributed by atoms with Gasteiger partial charge in [0.1, 0.15) is 5.72 Å². The fourth-order valence-electron chi connectivity index (χ4n) is 1.74. The molecule has 1 fully saturated rings. The Balaban J connectivity index is 0.00000128. The van der Waals surface area contributed by atoms with E-state index in [0.717, 1.165) is 17.6 Å².